The summed E-state index contributed by atoms with van der Waals surface area (Å²) in [6.45, 7) is 12.8. The van der Waals surface area contributed by atoms with Crippen LogP contribution in [-0.2, 0) is 14.2 Å². The maximum atomic E-state index is 9.26. The molecule has 0 spiro atoms. The molecule has 0 amide bonds. The van der Waals surface area contributed by atoms with Gasteiger partial charge in [0.05, 0.1) is 31.8 Å². The zero-order valence-electron chi connectivity index (χ0n) is 23.9. The van der Waals surface area contributed by atoms with Crippen LogP contribution in [0.2, 0.25) is 0 Å². The third-order valence-electron chi connectivity index (χ3n) is 5.73. The molecule has 5 nitrogen and oxygen atoms in total. The van der Waals surface area contributed by atoms with Gasteiger partial charge in [0.2, 0.25) is 0 Å². The summed E-state index contributed by atoms with van der Waals surface area (Å²) in [6, 6.07) is 0. The van der Waals surface area contributed by atoms with Gasteiger partial charge in [0.15, 0.2) is 0 Å². The fourth-order valence-electron chi connectivity index (χ4n) is 3.75. The second-order valence-electron chi connectivity index (χ2n) is 9.14. The maximum absolute atomic E-state index is 9.26. The van der Waals surface area contributed by atoms with Crippen LogP contribution in [0.3, 0.4) is 0 Å². The Balaban J connectivity index is -0.000000154. The number of aliphatic hydroxyl groups excluding tert-OH is 1. The van der Waals surface area contributed by atoms with Gasteiger partial charge in [-0.1, -0.05) is 79.1 Å². The summed E-state index contributed by atoms with van der Waals surface area (Å²) < 4.78 is 16.3. The second-order valence-corrected chi connectivity index (χ2v) is 9.45. The monoisotopic (exact) mass is 562 g/mol. The van der Waals surface area contributed by atoms with E-state index in [1.54, 1.807) is 0 Å². The van der Waals surface area contributed by atoms with E-state index < -0.39 is 6.10 Å². The van der Waals surface area contributed by atoms with E-state index in [0.717, 1.165) is 32.3 Å². The number of hydrogen-bond acceptors (Lipinski definition) is 5. The molecule has 0 aromatic rings. The van der Waals surface area contributed by atoms with Crippen LogP contribution in [0.15, 0.2) is 0 Å². The van der Waals surface area contributed by atoms with E-state index in [2.05, 4.69) is 27.7 Å². The number of rotatable bonds is 21. The summed E-state index contributed by atoms with van der Waals surface area (Å²) in [5.41, 5.74) is 0. The Labute approximate surface area is 273 Å². The Hall–Kier alpha value is 2.38. The third kappa shape index (κ3) is 34.4. The number of ether oxygens (including phenoxy) is 3. The van der Waals surface area contributed by atoms with Crippen LogP contribution in [-0.4, -0.2) is 61.7 Å². The Kier molecular flexibility index (Phi) is 49.0. The van der Waals surface area contributed by atoms with Crippen LogP contribution < -0.4 is 71.5 Å². The summed E-state index contributed by atoms with van der Waals surface area (Å²) in [7, 11) is 0. The van der Waals surface area contributed by atoms with E-state index in [9.17, 15) is 5.11 Å². The quantitative estimate of drug-likeness (QED) is 0.0745. The molecule has 1 heterocycles. The van der Waals surface area contributed by atoms with Gasteiger partial charge >= 0.3 is 59.1 Å². The van der Waals surface area contributed by atoms with Crippen molar-refractivity contribution in [2.75, 3.05) is 38.9 Å². The molecule has 0 aliphatic carbocycles. The molecule has 204 valence electrons. The summed E-state index contributed by atoms with van der Waals surface area (Å²) in [5, 5.41) is 9.26. The van der Waals surface area contributed by atoms with Crippen molar-refractivity contribution in [1.82, 2.24) is 0 Å². The van der Waals surface area contributed by atoms with Crippen molar-refractivity contribution in [3.05, 3.63) is 0 Å². The zero-order chi connectivity index (χ0) is 23.2. The molecule has 1 rings (SSSR count). The molecule has 0 aromatic carbocycles. The van der Waals surface area contributed by atoms with E-state index in [1.165, 1.54) is 77.0 Å². The SMILES string of the molecule is CCCCCC(CCC)COCC(O)CCl.CCCCCC(CCC)COCC1CO1.[Cl-].[Na+].[Na+].[OH-]. The standard InChI is InChI=1S/C13H27ClO2.C13H26O2.ClH.2Na.H2O/c1-3-5-6-8-12(7-4-2)10-16-11-13(15)9-14;1-3-5-6-8-12(7-4-2)9-14-10-13-11-15-13;;;;/h12-13,15H,3-11H2,1-2H3;12-13H,3-11H2,1-2H3;1H;;;1H2/q;;;2*+1;/p-2. The molecule has 1 aliphatic rings. The Morgan fingerprint density at radius 1 is 0.771 bits per heavy atom. The minimum atomic E-state index is -0.514. The minimum Gasteiger partial charge on any atom is -1.00 e. The summed E-state index contributed by atoms with van der Waals surface area (Å²) in [5.74, 6) is 1.69. The van der Waals surface area contributed by atoms with Crippen molar-refractivity contribution in [3.63, 3.8) is 0 Å². The average molecular weight is 564 g/mol. The van der Waals surface area contributed by atoms with Gasteiger partial charge in [0.25, 0.3) is 0 Å². The van der Waals surface area contributed by atoms with Gasteiger partial charge in [0, 0.05) is 13.2 Å². The molecule has 0 aromatic heterocycles. The van der Waals surface area contributed by atoms with Crippen molar-refractivity contribution in [3.8, 4) is 0 Å². The molecule has 9 heteroatoms. The molecule has 0 bridgehead atoms. The van der Waals surface area contributed by atoms with Crippen molar-refractivity contribution >= 4 is 11.6 Å². The molecule has 0 radical (unpaired) electrons. The van der Waals surface area contributed by atoms with Gasteiger partial charge in [-0.05, 0) is 37.5 Å². The molecule has 1 saturated heterocycles. The molecular weight excluding hydrogens is 509 g/mol. The topological polar surface area (TPSA) is 81.2 Å². The van der Waals surface area contributed by atoms with Crippen molar-refractivity contribution in [2.45, 2.75) is 117 Å². The smallest absolute Gasteiger partial charge is 1.00 e. The number of epoxide rings is 1. The van der Waals surface area contributed by atoms with Crippen LogP contribution in [0.5, 0.6) is 0 Å². The molecule has 1 aliphatic heterocycles. The zero-order valence-corrected chi connectivity index (χ0v) is 29.4. The Bertz CT molecular complexity index is 371. The van der Waals surface area contributed by atoms with E-state index in [-0.39, 0.29) is 82.9 Å². The summed E-state index contributed by atoms with van der Waals surface area (Å²) in [4.78, 5) is 0. The maximum Gasteiger partial charge on any atom is 1.00 e. The van der Waals surface area contributed by atoms with Gasteiger partial charge in [-0.2, -0.15) is 0 Å². The number of unbranched alkanes of at least 4 members (excludes halogenated alkanes) is 4. The van der Waals surface area contributed by atoms with Gasteiger partial charge in [-0.25, -0.2) is 0 Å². The Morgan fingerprint density at radius 3 is 1.60 bits per heavy atom. The fraction of sp³-hybridized carbons (Fsp3) is 1.00. The average Bonchev–Trinajstić information content (AvgIpc) is 3.59. The summed E-state index contributed by atoms with van der Waals surface area (Å²) >= 11 is 5.50. The Morgan fingerprint density at radius 2 is 1.23 bits per heavy atom. The third-order valence-corrected chi connectivity index (χ3v) is 6.08. The van der Waals surface area contributed by atoms with Crippen LogP contribution >= 0.6 is 11.6 Å². The number of alkyl halides is 1. The van der Waals surface area contributed by atoms with Crippen LogP contribution in [0.25, 0.3) is 0 Å². The minimum absolute atomic E-state index is 0. The van der Waals surface area contributed by atoms with Crippen LogP contribution in [0.1, 0.15) is 105 Å². The molecular formula is C26H54Cl2Na2O5. The first-order valence-corrected chi connectivity index (χ1v) is 13.6. The molecule has 2 N–H and O–H groups in total. The molecule has 35 heavy (non-hydrogen) atoms. The van der Waals surface area contributed by atoms with E-state index in [1.807, 2.05) is 0 Å². The first-order chi connectivity index (χ1) is 15.1. The van der Waals surface area contributed by atoms with Crippen molar-refractivity contribution in [2.24, 2.45) is 11.8 Å². The van der Waals surface area contributed by atoms with Gasteiger partial charge in [0.1, 0.15) is 6.10 Å². The number of halogens is 2. The largest absolute Gasteiger partial charge is 1.00 e. The molecule has 4 atom stereocenters. The van der Waals surface area contributed by atoms with Crippen molar-refractivity contribution in [1.29, 1.82) is 0 Å². The van der Waals surface area contributed by atoms with Gasteiger partial charge in [-0.3, -0.25) is 0 Å². The van der Waals surface area contributed by atoms with E-state index >= 15 is 0 Å². The van der Waals surface area contributed by atoms with Crippen LogP contribution in [0.4, 0.5) is 0 Å². The predicted octanol–water partition coefficient (Wildman–Crippen LogP) is -2.17. The normalized spacial score (nSPS) is 16.1. The second kappa shape index (κ2) is 36.4. The first kappa shape index (κ1) is 47.2. The van der Waals surface area contributed by atoms with E-state index in [4.69, 9.17) is 25.8 Å². The predicted molar refractivity (Wildman–Crippen MR) is 135 cm³/mol. The van der Waals surface area contributed by atoms with E-state index in [0.29, 0.717) is 18.6 Å². The molecule has 1 fully saturated rings. The summed E-state index contributed by atoms with van der Waals surface area (Å²) in [6.07, 6.45) is 15.4. The van der Waals surface area contributed by atoms with Crippen molar-refractivity contribution < 1.29 is 96.3 Å². The van der Waals surface area contributed by atoms with Crippen LogP contribution in [0, 0.1) is 11.8 Å². The fourth-order valence-corrected chi connectivity index (χ4v) is 3.84. The molecule has 0 saturated carbocycles. The first-order valence-electron chi connectivity index (χ1n) is 13.1. The molecule has 4 unspecified atom stereocenters. The van der Waals surface area contributed by atoms with Gasteiger partial charge in [-0.15, -0.1) is 11.6 Å². The number of hydrogen-bond donors (Lipinski definition) is 1. The van der Waals surface area contributed by atoms with Gasteiger partial charge < -0.3 is 37.2 Å². The number of aliphatic hydroxyl groups is 1.